The summed E-state index contributed by atoms with van der Waals surface area (Å²) < 4.78 is 12.5. The second-order valence-corrected chi connectivity index (χ2v) is 9.32. The summed E-state index contributed by atoms with van der Waals surface area (Å²) in [7, 11) is 0. The number of carbonyl (C=O) groups is 1. The van der Waals surface area contributed by atoms with E-state index in [9.17, 15) is 4.79 Å². The van der Waals surface area contributed by atoms with Gasteiger partial charge in [0.1, 0.15) is 23.7 Å². The van der Waals surface area contributed by atoms with Gasteiger partial charge in [0.05, 0.1) is 6.42 Å². The molecule has 1 N–H and O–H groups in total. The van der Waals surface area contributed by atoms with E-state index in [0.29, 0.717) is 6.61 Å². The van der Waals surface area contributed by atoms with Crippen LogP contribution in [0.4, 0.5) is 0 Å². The molecule has 1 aliphatic heterocycles. The van der Waals surface area contributed by atoms with E-state index in [1.807, 2.05) is 36.4 Å². The van der Waals surface area contributed by atoms with Gasteiger partial charge in [-0.3, -0.25) is 4.79 Å². The van der Waals surface area contributed by atoms with Gasteiger partial charge in [0.15, 0.2) is 0 Å². The Kier molecular flexibility index (Phi) is 4.50. The molecule has 0 bridgehead atoms. The van der Waals surface area contributed by atoms with E-state index >= 15 is 0 Å². The van der Waals surface area contributed by atoms with Crippen molar-refractivity contribution in [1.82, 2.24) is 0 Å². The van der Waals surface area contributed by atoms with Crippen molar-refractivity contribution < 1.29 is 19.4 Å². The number of aliphatic carboxylic acids is 1. The lowest BCUT2D eigenvalue weighted by Gasteiger charge is -2.23. The molecular weight excluding hydrogens is 388 g/mol. The summed E-state index contributed by atoms with van der Waals surface area (Å²) >= 11 is 6.37. The number of fused-ring (bicyclic) bond motifs is 1. The Morgan fingerprint density at radius 2 is 1.83 bits per heavy atom. The van der Waals surface area contributed by atoms with Crippen LogP contribution in [-0.4, -0.2) is 16.7 Å². The highest BCUT2D eigenvalue weighted by atomic mass is 35.5. The summed E-state index contributed by atoms with van der Waals surface area (Å²) in [5.41, 5.74) is 3.05. The molecule has 152 valence electrons. The van der Waals surface area contributed by atoms with Crippen molar-refractivity contribution in [2.24, 2.45) is 0 Å². The highest BCUT2D eigenvalue weighted by Gasteiger charge is 2.46. The van der Waals surface area contributed by atoms with Gasteiger partial charge in [-0.2, -0.15) is 0 Å². The fourth-order valence-electron chi connectivity index (χ4n) is 5.05. The second-order valence-electron chi connectivity index (χ2n) is 8.89. The number of rotatable bonds is 6. The molecule has 3 aliphatic rings. The van der Waals surface area contributed by atoms with E-state index in [1.54, 1.807) is 0 Å². The van der Waals surface area contributed by atoms with E-state index < -0.39 is 5.97 Å². The third-order valence-corrected chi connectivity index (χ3v) is 6.98. The van der Waals surface area contributed by atoms with Crippen LogP contribution in [0, 0.1) is 0 Å². The predicted octanol–water partition coefficient (Wildman–Crippen LogP) is 5.67. The van der Waals surface area contributed by atoms with Gasteiger partial charge in [-0.15, -0.1) is 0 Å². The predicted molar refractivity (Wildman–Crippen MR) is 111 cm³/mol. The summed E-state index contributed by atoms with van der Waals surface area (Å²) in [4.78, 5) is 11.1. The van der Waals surface area contributed by atoms with E-state index in [0.717, 1.165) is 59.8 Å². The zero-order chi connectivity index (χ0) is 20.1. The van der Waals surface area contributed by atoms with Crippen LogP contribution in [0.2, 0.25) is 5.02 Å². The molecule has 0 saturated heterocycles. The fraction of sp³-hybridized carbons (Fsp3) is 0.458. The maximum atomic E-state index is 11.1. The topological polar surface area (TPSA) is 55.8 Å². The van der Waals surface area contributed by atoms with Gasteiger partial charge >= 0.3 is 5.97 Å². The Labute approximate surface area is 175 Å². The molecule has 1 heterocycles. The third kappa shape index (κ3) is 3.59. The minimum atomic E-state index is -0.738. The zero-order valence-corrected chi connectivity index (χ0v) is 17.1. The molecule has 2 fully saturated rings. The SMILES string of the molecule is O=C(O)CC1(c2ccc(OCc3cc(Cl)cc4c3OC3(CCCC3)C4)cc2)CC1. The van der Waals surface area contributed by atoms with Crippen LogP contribution in [0.25, 0.3) is 0 Å². The highest BCUT2D eigenvalue weighted by molar-refractivity contribution is 6.30. The number of carboxylic acid groups (broad SMARTS) is 1. The van der Waals surface area contributed by atoms with Gasteiger partial charge in [0, 0.05) is 28.0 Å². The van der Waals surface area contributed by atoms with Gasteiger partial charge in [0.2, 0.25) is 0 Å². The van der Waals surface area contributed by atoms with E-state index in [2.05, 4.69) is 0 Å². The normalized spacial score (nSPS) is 20.3. The van der Waals surface area contributed by atoms with E-state index in [-0.39, 0.29) is 17.4 Å². The molecule has 1 spiro atoms. The first kappa shape index (κ1) is 18.8. The Hall–Kier alpha value is -2.20. The number of benzene rings is 2. The smallest absolute Gasteiger partial charge is 0.304 e. The quantitative estimate of drug-likeness (QED) is 0.663. The number of ether oxygens (including phenoxy) is 2. The van der Waals surface area contributed by atoms with Crippen LogP contribution < -0.4 is 9.47 Å². The third-order valence-electron chi connectivity index (χ3n) is 6.76. The Morgan fingerprint density at radius 1 is 1.10 bits per heavy atom. The molecule has 2 aromatic carbocycles. The van der Waals surface area contributed by atoms with Crippen molar-refractivity contribution in [2.75, 3.05) is 0 Å². The average molecular weight is 413 g/mol. The van der Waals surface area contributed by atoms with Crippen LogP contribution in [0.15, 0.2) is 36.4 Å². The molecule has 5 heteroatoms. The first-order valence-corrected chi connectivity index (χ1v) is 10.8. The van der Waals surface area contributed by atoms with Crippen molar-refractivity contribution >= 4 is 17.6 Å². The van der Waals surface area contributed by atoms with Crippen molar-refractivity contribution in [1.29, 1.82) is 0 Å². The molecule has 2 aromatic rings. The van der Waals surface area contributed by atoms with Crippen LogP contribution in [0.3, 0.4) is 0 Å². The fourth-order valence-corrected chi connectivity index (χ4v) is 5.32. The van der Waals surface area contributed by atoms with Crippen LogP contribution in [0.1, 0.15) is 61.6 Å². The van der Waals surface area contributed by atoms with Gasteiger partial charge in [-0.1, -0.05) is 23.7 Å². The first-order valence-electron chi connectivity index (χ1n) is 10.4. The van der Waals surface area contributed by atoms with Crippen molar-refractivity contribution in [3.8, 4) is 11.5 Å². The molecule has 0 radical (unpaired) electrons. The summed E-state index contributed by atoms with van der Waals surface area (Å²) in [5.74, 6) is 0.978. The van der Waals surface area contributed by atoms with E-state index in [4.69, 9.17) is 26.2 Å². The molecule has 2 aliphatic carbocycles. The molecule has 4 nitrogen and oxygen atoms in total. The van der Waals surface area contributed by atoms with Crippen molar-refractivity contribution in [2.45, 2.75) is 69.0 Å². The van der Waals surface area contributed by atoms with Crippen molar-refractivity contribution in [3.05, 3.63) is 58.1 Å². The highest BCUT2D eigenvalue weighted by Crippen LogP contribution is 2.51. The lowest BCUT2D eigenvalue weighted by Crippen LogP contribution is -2.30. The molecular formula is C24H25ClO4. The van der Waals surface area contributed by atoms with Crippen LogP contribution in [-0.2, 0) is 23.2 Å². The maximum absolute atomic E-state index is 11.1. The molecule has 5 rings (SSSR count). The number of carboxylic acids is 1. The van der Waals surface area contributed by atoms with Gasteiger partial charge in [-0.05, 0) is 68.4 Å². The Morgan fingerprint density at radius 3 is 2.48 bits per heavy atom. The van der Waals surface area contributed by atoms with Gasteiger partial charge in [0.25, 0.3) is 0 Å². The Bertz CT molecular complexity index is 940. The largest absolute Gasteiger partial charge is 0.489 e. The first-order chi connectivity index (χ1) is 14.0. The molecule has 2 saturated carbocycles. The summed E-state index contributed by atoms with van der Waals surface area (Å²) in [6.07, 6.45) is 7.68. The molecule has 29 heavy (non-hydrogen) atoms. The second kappa shape index (κ2) is 6.94. The minimum Gasteiger partial charge on any atom is -0.489 e. The van der Waals surface area contributed by atoms with Crippen molar-refractivity contribution in [3.63, 3.8) is 0 Å². The number of hydrogen-bond acceptors (Lipinski definition) is 3. The number of halogens is 1. The average Bonchev–Trinajstić information content (AvgIpc) is 3.16. The van der Waals surface area contributed by atoms with E-state index in [1.165, 1.54) is 18.4 Å². The van der Waals surface area contributed by atoms with Gasteiger partial charge < -0.3 is 14.6 Å². The molecule has 0 atom stereocenters. The monoisotopic (exact) mass is 412 g/mol. The summed E-state index contributed by atoms with van der Waals surface area (Å²) in [6, 6.07) is 11.8. The lowest BCUT2D eigenvalue weighted by atomic mass is 9.92. The summed E-state index contributed by atoms with van der Waals surface area (Å²) in [6.45, 7) is 0.401. The maximum Gasteiger partial charge on any atom is 0.304 e. The Balaban J connectivity index is 1.30. The summed E-state index contributed by atoms with van der Waals surface area (Å²) in [5, 5.41) is 9.87. The van der Waals surface area contributed by atoms with Gasteiger partial charge in [-0.25, -0.2) is 0 Å². The molecule has 0 aromatic heterocycles. The standard InChI is InChI=1S/C24H25ClO4/c25-19-11-16-13-24(7-1-2-8-24)29-22(16)17(12-19)15-28-20-5-3-18(4-6-20)23(9-10-23)14-21(26)27/h3-6,11-12H,1-2,7-10,13-15H2,(H,26,27). The lowest BCUT2D eigenvalue weighted by molar-refractivity contribution is -0.137. The molecule has 0 unspecified atom stereocenters. The van der Waals surface area contributed by atoms with Crippen LogP contribution in [0.5, 0.6) is 11.5 Å². The number of hydrogen-bond donors (Lipinski definition) is 1. The van der Waals surface area contributed by atoms with Crippen LogP contribution >= 0.6 is 11.6 Å². The minimum absolute atomic E-state index is 0.0356. The zero-order valence-electron chi connectivity index (χ0n) is 16.4. The molecule has 0 amide bonds.